The number of amides is 1. The molecule has 31 heavy (non-hydrogen) atoms. The molecule has 1 aliphatic heterocycles. The number of alkyl carbamates (subject to hydrolysis) is 1. The molecule has 1 amide bonds. The summed E-state index contributed by atoms with van der Waals surface area (Å²) >= 11 is 0. The molecule has 1 N–H and O–H groups in total. The van der Waals surface area contributed by atoms with E-state index in [1.807, 2.05) is 18.2 Å². The Labute approximate surface area is 180 Å². The minimum atomic E-state index is -0.815. The zero-order chi connectivity index (χ0) is 22.2. The maximum absolute atomic E-state index is 11.9. The molecule has 0 unspecified atom stereocenters. The smallest absolute Gasteiger partial charge is 0.493 e. The van der Waals surface area contributed by atoms with Crippen molar-refractivity contribution in [3.63, 3.8) is 0 Å². The van der Waals surface area contributed by atoms with Gasteiger partial charge in [0.25, 0.3) is 0 Å². The number of hydrogen-bond donors (Lipinski definition) is 1. The molecule has 0 fully saturated rings. The Hall–Kier alpha value is -3.62. The van der Waals surface area contributed by atoms with E-state index in [1.165, 1.54) is 7.11 Å². The third kappa shape index (κ3) is 5.50. The summed E-state index contributed by atoms with van der Waals surface area (Å²) in [6, 6.07) is 10.8. The molecular formula is C22H25NO8. The Morgan fingerprint density at radius 1 is 0.968 bits per heavy atom. The van der Waals surface area contributed by atoms with Crippen molar-refractivity contribution in [3.8, 4) is 23.0 Å². The fourth-order valence-corrected chi connectivity index (χ4v) is 3.15. The van der Waals surface area contributed by atoms with Crippen molar-refractivity contribution in [2.24, 2.45) is 0 Å². The summed E-state index contributed by atoms with van der Waals surface area (Å²) in [5.41, 5.74) is 1.71. The fraction of sp³-hybridized carbons (Fsp3) is 0.364. The molecule has 2 aromatic carbocycles. The van der Waals surface area contributed by atoms with Crippen LogP contribution in [0.4, 0.5) is 9.59 Å². The van der Waals surface area contributed by atoms with Gasteiger partial charge >= 0.3 is 12.2 Å². The molecule has 9 heteroatoms. The first-order valence-corrected chi connectivity index (χ1v) is 9.88. The summed E-state index contributed by atoms with van der Waals surface area (Å²) in [4.78, 5) is 23.6. The number of carbonyl (C=O) groups excluding carboxylic acids is 2. The minimum absolute atomic E-state index is 0.165. The monoisotopic (exact) mass is 431 g/mol. The Morgan fingerprint density at radius 3 is 2.42 bits per heavy atom. The van der Waals surface area contributed by atoms with Crippen molar-refractivity contribution in [2.75, 3.05) is 33.7 Å². The molecule has 9 nitrogen and oxygen atoms in total. The highest BCUT2D eigenvalue weighted by Crippen LogP contribution is 2.38. The van der Waals surface area contributed by atoms with Crippen LogP contribution in [-0.2, 0) is 9.47 Å². The van der Waals surface area contributed by atoms with E-state index in [0.29, 0.717) is 17.2 Å². The Balaban J connectivity index is 1.90. The van der Waals surface area contributed by atoms with Crippen LogP contribution in [0.3, 0.4) is 0 Å². The summed E-state index contributed by atoms with van der Waals surface area (Å²) in [6.45, 7) is 4.33. The maximum atomic E-state index is 11.9. The van der Waals surface area contributed by atoms with Gasteiger partial charge in [-0.05, 0) is 49.2 Å². The van der Waals surface area contributed by atoms with Gasteiger partial charge in [0.2, 0.25) is 6.79 Å². The van der Waals surface area contributed by atoms with Crippen molar-refractivity contribution in [1.82, 2.24) is 5.32 Å². The van der Waals surface area contributed by atoms with E-state index in [9.17, 15) is 9.59 Å². The summed E-state index contributed by atoms with van der Waals surface area (Å²) in [7, 11) is 1.48. The average Bonchev–Trinajstić information content (AvgIpc) is 3.23. The topological polar surface area (TPSA) is 102 Å². The lowest BCUT2D eigenvalue weighted by atomic mass is 9.90. The SMILES string of the molecule is CCOC(=O)NC[C@H](c1ccc(OC(=O)OCC)c(OC)c1)c1ccc2c(c1)OCO2. The van der Waals surface area contributed by atoms with Crippen molar-refractivity contribution in [3.05, 3.63) is 47.5 Å². The lowest BCUT2D eigenvalue weighted by Crippen LogP contribution is -2.29. The second kappa shape index (κ2) is 10.4. The molecule has 1 heterocycles. The number of benzene rings is 2. The van der Waals surface area contributed by atoms with Crippen LogP contribution in [0.2, 0.25) is 0 Å². The number of methoxy groups -OCH3 is 1. The molecule has 1 aliphatic rings. The highest BCUT2D eigenvalue weighted by molar-refractivity contribution is 5.67. The number of hydrogen-bond acceptors (Lipinski definition) is 8. The van der Waals surface area contributed by atoms with Crippen LogP contribution < -0.4 is 24.3 Å². The molecule has 0 aromatic heterocycles. The normalized spacial score (nSPS) is 12.6. The van der Waals surface area contributed by atoms with Crippen LogP contribution in [0.1, 0.15) is 30.9 Å². The van der Waals surface area contributed by atoms with Crippen LogP contribution in [0, 0.1) is 0 Å². The van der Waals surface area contributed by atoms with Crippen LogP contribution in [0.5, 0.6) is 23.0 Å². The molecule has 0 saturated carbocycles. The second-order valence-corrected chi connectivity index (χ2v) is 6.46. The molecule has 0 saturated heterocycles. The van der Waals surface area contributed by atoms with E-state index in [-0.39, 0.29) is 38.2 Å². The summed E-state index contributed by atoms with van der Waals surface area (Å²) in [5.74, 6) is 1.62. The van der Waals surface area contributed by atoms with Crippen LogP contribution in [0.15, 0.2) is 36.4 Å². The highest BCUT2D eigenvalue weighted by Gasteiger charge is 2.22. The van der Waals surface area contributed by atoms with Gasteiger partial charge in [-0.2, -0.15) is 0 Å². The summed E-state index contributed by atoms with van der Waals surface area (Å²) in [5, 5.41) is 2.77. The van der Waals surface area contributed by atoms with Gasteiger partial charge in [-0.15, -0.1) is 0 Å². The maximum Gasteiger partial charge on any atom is 0.513 e. The molecule has 0 bridgehead atoms. The first kappa shape index (κ1) is 22.1. The third-order valence-corrected chi connectivity index (χ3v) is 4.57. The van der Waals surface area contributed by atoms with Crippen LogP contribution >= 0.6 is 0 Å². The predicted molar refractivity (Wildman–Crippen MR) is 110 cm³/mol. The van der Waals surface area contributed by atoms with Gasteiger partial charge in [0.05, 0.1) is 20.3 Å². The Bertz CT molecular complexity index is 930. The first-order chi connectivity index (χ1) is 15.0. The van der Waals surface area contributed by atoms with Crippen molar-refractivity contribution in [2.45, 2.75) is 19.8 Å². The number of ether oxygens (including phenoxy) is 6. The Kier molecular flexibility index (Phi) is 7.42. The highest BCUT2D eigenvalue weighted by atomic mass is 16.7. The van der Waals surface area contributed by atoms with Crippen molar-refractivity contribution < 1.29 is 38.0 Å². The van der Waals surface area contributed by atoms with Crippen LogP contribution in [0.25, 0.3) is 0 Å². The zero-order valence-electron chi connectivity index (χ0n) is 17.6. The van der Waals surface area contributed by atoms with Crippen molar-refractivity contribution in [1.29, 1.82) is 0 Å². The van der Waals surface area contributed by atoms with Gasteiger partial charge in [-0.25, -0.2) is 9.59 Å². The molecule has 0 aliphatic carbocycles. The van der Waals surface area contributed by atoms with Gasteiger partial charge in [-0.3, -0.25) is 0 Å². The van der Waals surface area contributed by atoms with E-state index in [4.69, 9.17) is 28.4 Å². The van der Waals surface area contributed by atoms with Gasteiger partial charge in [-0.1, -0.05) is 12.1 Å². The molecule has 3 rings (SSSR count). The Morgan fingerprint density at radius 2 is 1.68 bits per heavy atom. The fourth-order valence-electron chi connectivity index (χ4n) is 3.15. The van der Waals surface area contributed by atoms with Crippen LogP contribution in [-0.4, -0.2) is 45.9 Å². The van der Waals surface area contributed by atoms with E-state index in [1.54, 1.807) is 32.0 Å². The number of carbonyl (C=O) groups is 2. The van der Waals surface area contributed by atoms with E-state index in [0.717, 1.165) is 11.1 Å². The van der Waals surface area contributed by atoms with E-state index < -0.39 is 12.2 Å². The molecule has 2 aromatic rings. The quantitative estimate of drug-likeness (QED) is 0.497. The molecule has 1 atom stereocenters. The molecular weight excluding hydrogens is 406 g/mol. The molecule has 166 valence electrons. The number of nitrogens with one attached hydrogen (secondary N) is 1. The predicted octanol–water partition coefficient (Wildman–Crippen LogP) is 3.84. The largest absolute Gasteiger partial charge is 0.513 e. The van der Waals surface area contributed by atoms with Gasteiger partial charge in [0.15, 0.2) is 23.0 Å². The van der Waals surface area contributed by atoms with E-state index in [2.05, 4.69) is 5.32 Å². The lowest BCUT2D eigenvalue weighted by molar-refractivity contribution is 0.103. The van der Waals surface area contributed by atoms with Gasteiger partial charge in [0, 0.05) is 12.5 Å². The van der Waals surface area contributed by atoms with E-state index >= 15 is 0 Å². The number of rotatable bonds is 8. The summed E-state index contributed by atoms with van der Waals surface area (Å²) in [6.07, 6.45) is -1.33. The van der Waals surface area contributed by atoms with Gasteiger partial charge < -0.3 is 33.7 Å². The number of fused-ring (bicyclic) bond motifs is 1. The van der Waals surface area contributed by atoms with Gasteiger partial charge in [0.1, 0.15) is 0 Å². The first-order valence-electron chi connectivity index (χ1n) is 9.88. The summed E-state index contributed by atoms with van der Waals surface area (Å²) < 4.78 is 31.3. The standard InChI is InChI=1S/C22H25NO8/c1-4-27-21(24)23-12-16(15-6-8-17-20(11-15)30-13-29-17)14-7-9-18(19(10-14)26-3)31-22(25)28-5-2/h6-11,16H,4-5,12-13H2,1-3H3,(H,23,24)/t16-/m1/s1. The molecule has 0 radical (unpaired) electrons. The minimum Gasteiger partial charge on any atom is -0.493 e. The zero-order valence-corrected chi connectivity index (χ0v) is 17.6. The second-order valence-electron chi connectivity index (χ2n) is 6.46. The third-order valence-electron chi connectivity index (χ3n) is 4.57. The average molecular weight is 431 g/mol. The lowest BCUT2D eigenvalue weighted by Gasteiger charge is -2.20. The molecule has 0 spiro atoms. The van der Waals surface area contributed by atoms with Crippen molar-refractivity contribution >= 4 is 12.2 Å².